The number of hydrogen-bond acceptors (Lipinski definition) is 4. The summed E-state index contributed by atoms with van der Waals surface area (Å²) in [5.74, 6) is 1.51. The van der Waals surface area contributed by atoms with Gasteiger partial charge in [0.1, 0.15) is 0 Å². The Labute approximate surface area is 109 Å². The molecule has 18 heavy (non-hydrogen) atoms. The Kier molecular flexibility index (Phi) is 5.95. The van der Waals surface area contributed by atoms with Crippen LogP contribution in [0.2, 0.25) is 0 Å². The molecule has 0 aliphatic heterocycles. The van der Waals surface area contributed by atoms with E-state index in [4.69, 9.17) is 20.3 Å². The van der Waals surface area contributed by atoms with E-state index in [2.05, 4.69) is 0 Å². The van der Waals surface area contributed by atoms with Crippen molar-refractivity contribution in [2.45, 2.75) is 31.7 Å². The minimum absolute atomic E-state index is 0.0143. The number of methoxy groups -OCH3 is 1. The Morgan fingerprint density at radius 2 is 1.89 bits per heavy atom. The van der Waals surface area contributed by atoms with Crippen molar-refractivity contribution in [2.75, 3.05) is 20.3 Å². The molecule has 1 atom stereocenters. The molecular formula is C14H23NO3. The number of aliphatic hydroxyl groups excluding tert-OH is 1. The molecule has 1 aromatic rings. The van der Waals surface area contributed by atoms with Crippen LogP contribution in [0.5, 0.6) is 11.5 Å². The van der Waals surface area contributed by atoms with E-state index in [1.165, 1.54) is 0 Å². The summed E-state index contributed by atoms with van der Waals surface area (Å²) in [6.07, 6.45) is 2.63. The molecule has 0 aliphatic rings. The lowest BCUT2D eigenvalue weighted by Gasteiger charge is -2.21. The Bertz CT molecular complexity index is 353. The zero-order chi connectivity index (χ0) is 13.4. The van der Waals surface area contributed by atoms with Gasteiger partial charge >= 0.3 is 0 Å². The smallest absolute Gasteiger partial charge is 0.161 e. The van der Waals surface area contributed by atoms with Gasteiger partial charge < -0.3 is 20.3 Å². The van der Waals surface area contributed by atoms with Crippen LogP contribution in [0.4, 0.5) is 0 Å². The zero-order valence-electron chi connectivity index (χ0n) is 11.2. The highest BCUT2D eigenvalue weighted by atomic mass is 16.5. The summed E-state index contributed by atoms with van der Waals surface area (Å²) < 4.78 is 10.8. The van der Waals surface area contributed by atoms with Crippen LogP contribution in [0, 0.1) is 0 Å². The predicted octanol–water partition coefficient (Wildman–Crippen LogP) is 1.95. The fraction of sp³-hybridized carbons (Fsp3) is 0.571. The van der Waals surface area contributed by atoms with E-state index in [0.29, 0.717) is 6.61 Å². The highest BCUT2D eigenvalue weighted by Gasteiger charge is 2.15. The van der Waals surface area contributed by atoms with E-state index in [9.17, 15) is 0 Å². The SMILES string of the molecule is COc1ccccc1OCCCCC(C)(N)CO. The van der Waals surface area contributed by atoms with Crippen LogP contribution in [0.25, 0.3) is 0 Å². The van der Waals surface area contributed by atoms with Gasteiger partial charge in [-0.1, -0.05) is 12.1 Å². The Morgan fingerprint density at radius 1 is 1.22 bits per heavy atom. The standard InChI is InChI=1S/C14H23NO3/c1-14(15,11-16)9-5-6-10-18-13-8-4-3-7-12(13)17-2/h3-4,7-8,16H,5-6,9-11,15H2,1-2H3. The number of rotatable bonds is 8. The summed E-state index contributed by atoms with van der Waals surface area (Å²) in [6.45, 7) is 2.50. The molecule has 4 heteroatoms. The average Bonchev–Trinajstić information content (AvgIpc) is 2.38. The molecule has 0 aromatic heterocycles. The summed E-state index contributed by atoms with van der Waals surface area (Å²) in [7, 11) is 1.63. The molecule has 0 radical (unpaired) electrons. The number of nitrogens with two attached hydrogens (primary N) is 1. The van der Waals surface area contributed by atoms with Crippen molar-refractivity contribution in [3.63, 3.8) is 0 Å². The van der Waals surface area contributed by atoms with Crippen LogP contribution < -0.4 is 15.2 Å². The lowest BCUT2D eigenvalue weighted by atomic mass is 9.97. The second-order valence-corrected chi connectivity index (χ2v) is 4.77. The monoisotopic (exact) mass is 253 g/mol. The summed E-state index contributed by atoms with van der Waals surface area (Å²) in [4.78, 5) is 0. The van der Waals surface area contributed by atoms with Crippen LogP contribution in [0.15, 0.2) is 24.3 Å². The second kappa shape index (κ2) is 7.24. The first-order valence-electron chi connectivity index (χ1n) is 6.24. The Hall–Kier alpha value is -1.26. The van der Waals surface area contributed by atoms with Gasteiger partial charge in [-0.05, 0) is 38.3 Å². The largest absolute Gasteiger partial charge is 0.493 e. The number of ether oxygens (including phenoxy) is 2. The molecule has 0 heterocycles. The van der Waals surface area contributed by atoms with Crippen molar-refractivity contribution in [1.82, 2.24) is 0 Å². The van der Waals surface area contributed by atoms with Crippen molar-refractivity contribution < 1.29 is 14.6 Å². The molecule has 0 bridgehead atoms. The molecule has 1 aromatic carbocycles. The summed E-state index contributed by atoms with van der Waals surface area (Å²) in [5.41, 5.74) is 5.36. The number of aliphatic hydroxyl groups is 1. The van der Waals surface area contributed by atoms with Crippen molar-refractivity contribution in [2.24, 2.45) is 5.73 Å². The fourth-order valence-electron chi connectivity index (χ4n) is 1.63. The first-order valence-corrected chi connectivity index (χ1v) is 6.24. The molecule has 3 N–H and O–H groups in total. The van der Waals surface area contributed by atoms with Crippen molar-refractivity contribution in [1.29, 1.82) is 0 Å². The normalized spacial score (nSPS) is 14.0. The topological polar surface area (TPSA) is 64.7 Å². The highest BCUT2D eigenvalue weighted by molar-refractivity contribution is 5.39. The number of unbranched alkanes of at least 4 members (excludes halogenated alkanes) is 1. The maximum atomic E-state index is 9.02. The predicted molar refractivity (Wildman–Crippen MR) is 72.0 cm³/mol. The van der Waals surface area contributed by atoms with Crippen LogP contribution >= 0.6 is 0 Å². The molecule has 0 amide bonds. The lowest BCUT2D eigenvalue weighted by Crippen LogP contribution is -2.39. The summed E-state index contributed by atoms with van der Waals surface area (Å²) in [5, 5.41) is 9.02. The van der Waals surface area contributed by atoms with Gasteiger partial charge in [0.15, 0.2) is 11.5 Å². The van der Waals surface area contributed by atoms with Gasteiger partial charge in [-0.2, -0.15) is 0 Å². The number of benzene rings is 1. The van der Waals surface area contributed by atoms with Crippen LogP contribution in [0.1, 0.15) is 26.2 Å². The molecule has 102 valence electrons. The Balaban J connectivity index is 2.26. The maximum absolute atomic E-state index is 9.02. The van der Waals surface area contributed by atoms with E-state index in [1.54, 1.807) is 7.11 Å². The Morgan fingerprint density at radius 3 is 2.50 bits per heavy atom. The van der Waals surface area contributed by atoms with Crippen LogP contribution in [-0.4, -0.2) is 31.0 Å². The van der Waals surface area contributed by atoms with E-state index in [-0.39, 0.29) is 6.61 Å². The van der Waals surface area contributed by atoms with Gasteiger partial charge in [-0.3, -0.25) is 0 Å². The van der Waals surface area contributed by atoms with Gasteiger partial charge in [0.05, 0.1) is 20.3 Å². The molecule has 1 unspecified atom stereocenters. The van der Waals surface area contributed by atoms with Crippen molar-refractivity contribution >= 4 is 0 Å². The van der Waals surface area contributed by atoms with Gasteiger partial charge in [0, 0.05) is 5.54 Å². The van der Waals surface area contributed by atoms with Gasteiger partial charge in [0.25, 0.3) is 0 Å². The van der Waals surface area contributed by atoms with E-state index in [0.717, 1.165) is 30.8 Å². The first-order chi connectivity index (χ1) is 8.59. The minimum atomic E-state index is -0.482. The molecule has 1 rings (SSSR count). The maximum Gasteiger partial charge on any atom is 0.161 e. The average molecular weight is 253 g/mol. The minimum Gasteiger partial charge on any atom is -0.493 e. The third-order valence-corrected chi connectivity index (χ3v) is 2.83. The molecule has 0 spiro atoms. The lowest BCUT2D eigenvalue weighted by molar-refractivity contribution is 0.193. The fourth-order valence-corrected chi connectivity index (χ4v) is 1.63. The number of hydrogen-bond donors (Lipinski definition) is 2. The highest BCUT2D eigenvalue weighted by Crippen LogP contribution is 2.25. The molecular weight excluding hydrogens is 230 g/mol. The zero-order valence-corrected chi connectivity index (χ0v) is 11.2. The van der Waals surface area contributed by atoms with Crippen LogP contribution in [0.3, 0.4) is 0 Å². The summed E-state index contributed by atoms with van der Waals surface area (Å²) >= 11 is 0. The van der Waals surface area contributed by atoms with E-state index < -0.39 is 5.54 Å². The summed E-state index contributed by atoms with van der Waals surface area (Å²) in [6, 6.07) is 7.59. The molecule has 0 saturated carbocycles. The quantitative estimate of drug-likeness (QED) is 0.695. The molecule has 0 fully saturated rings. The number of para-hydroxylation sites is 2. The van der Waals surface area contributed by atoms with E-state index in [1.807, 2.05) is 31.2 Å². The molecule has 4 nitrogen and oxygen atoms in total. The van der Waals surface area contributed by atoms with Crippen molar-refractivity contribution in [3.8, 4) is 11.5 Å². The van der Waals surface area contributed by atoms with Gasteiger partial charge in [-0.15, -0.1) is 0 Å². The third-order valence-electron chi connectivity index (χ3n) is 2.83. The van der Waals surface area contributed by atoms with Crippen molar-refractivity contribution in [3.05, 3.63) is 24.3 Å². The second-order valence-electron chi connectivity index (χ2n) is 4.77. The van der Waals surface area contributed by atoms with Gasteiger partial charge in [-0.25, -0.2) is 0 Å². The van der Waals surface area contributed by atoms with E-state index >= 15 is 0 Å². The third kappa shape index (κ3) is 4.94. The first kappa shape index (κ1) is 14.8. The molecule has 0 aliphatic carbocycles. The molecule has 0 saturated heterocycles. The van der Waals surface area contributed by atoms with Gasteiger partial charge in [0.2, 0.25) is 0 Å². The van der Waals surface area contributed by atoms with Crippen LogP contribution in [-0.2, 0) is 0 Å².